The molecular formula is C23H19N3O3S. The van der Waals surface area contributed by atoms with Crippen LogP contribution in [-0.4, -0.2) is 17.0 Å². The zero-order chi connectivity index (χ0) is 20.9. The molecule has 0 aliphatic heterocycles. The summed E-state index contributed by atoms with van der Waals surface area (Å²) in [7, 11) is 0. The van der Waals surface area contributed by atoms with Crippen molar-refractivity contribution in [2.45, 2.75) is 13.0 Å². The number of carbonyl (C=O) groups excluding carboxylic acids is 2. The van der Waals surface area contributed by atoms with E-state index in [4.69, 9.17) is 4.52 Å². The van der Waals surface area contributed by atoms with Gasteiger partial charge in [0, 0.05) is 17.3 Å². The van der Waals surface area contributed by atoms with Crippen LogP contribution in [0.15, 0.2) is 82.7 Å². The molecule has 7 heteroatoms. The Morgan fingerprint density at radius 3 is 2.57 bits per heavy atom. The number of carbonyl (C=O) groups is 2. The van der Waals surface area contributed by atoms with Crippen LogP contribution in [0.25, 0.3) is 10.6 Å². The van der Waals surface area contributed by atoms with Crippen molar-refractivity contribution >= 4 is 28.8 Å². The van der Waals surface area contributed by atoms with Crippen molar-refractivity contribution in [1.82, 2.24) is 10.5 Å². The van der Waals surface area contributed by atoms with Gasteiger partial charge in [0.05, 0.1) is 10.9 Å². The zero-order valence-electron chi connectivity index (χ0n) is 16.2. The number of nitrogens with zero attached hydrogens (tertiary/aromatic N) is 1. The van der Waals surface area contributed by atoms with Crippen molar-refractivity contribution in [2.75, 3.05) is 5.32 Å². The highest BCUT2D eigenvalue weighted by molar-refractivity contribution is 7.13. The lowest BCUT2D eigenvalue weighted by molar-refractivity contribution is 0.0930. The molecule has 0 aliphatic carbocycles. The van der Waals surface area contributed by atoms with Crippen LogP contribution < -0.4 is 10.6 Å². The molecule has 2 aromatic heterocycles. The highest BCUT2D eigenvalue weighted by Gasteiger charge is 2.17. The van der Waals surface area contributed by atoms with E-state index in [1.807, 2.05) is 66.9 Å². The maximum atomic E-state index is 12.6. The second-order valence-corrected chi connectivity index (χ2v) is 7.64. The van der Waals surface area contributed by atoms with Gasteiger partial charge in [0.1, 0.15) is 0 Å². The molecule has 2 N–H and O–H groups in total. The smallest absolute Gasteiger partial charge is 0.273 e. The minimum atomic E-state index is -0.326. The minimum Gasteiger partial charge on any atom is -0.355 e. The Morgan fingerprint density at radius 1 is 0.967 bits per heavy atom. The molecule has 0 aliphatic rings. The van der Waals surface area contributed by atoms with Gasteiger partial charge in [-0.15, -0.1) is 11.3 Å². The van der Waals surface area contributed by atoms with Crippen LogP contribution in [-0.2, 0) is 0 Å². The Balaban J connectivity index is 1.42. The summed E-state index contributed by atoms with van der Waals surface area (Å²) in [5.74, 6) is 0.0503. The predicted octanol–water partition coefficient (Wildman–Crippen LogP) is 5.15. The standard InChI is InChI=1S/C23H19N3O3S/c1-15(24-23(28)19-14-20(29-26-19)21-11-6-12-30-21)17-9-5-10-18(13-17)25-22(27)16-7-3-2-4-8-16/h2-15H,1H3,(H,24,28)(H,25,27). The Bertz CT molecular complexity index is 1150. The van der Waals surface area contributed by atoms with E-state index in [9.17, 15) is 9.59 Å². The Hall–Kier alpha value is -3.71. The number of nitrogens with one attached hydrogen (secondary N) is 2. The lowest BCUT2D eigenvalue weighted by Gasteiger charge is -2.15. The molecule has 0 spiro atoms. The number of aromatic nitrogens is 1. The second-order valence-electron chi connectivity index (χ2n) is 6.69. The molecule has 4 aromatic rings. The van der Waals surface area contributed by atoms with E-state index in [1.54, 1.807) is 18.2 Å². The number of thiophene rings is 1. The van der Waals surface area contributed by atoms with Crippen LogP contribution in [0.4, 0.5) is 5.69 Å². The zero-order valence-corrected chi connectivity index (χ0v) is 17.0. The largest absolute Gasteiger partial charge is 0.355 e. The third-order valence-corrected chi connectivity index (χ3v) is 5.42. The summed E-state index contributed by atoms with van der Waals surface area (Å²) in [6, 6.07) is 21.5. The third-order valence-electron chi connectivity index (χ3n) is 4.53. The quantitative estimate of drug-likeness (QED) is 0.455. The first-order valence-corrected chi connectivity index (χ1v) is 10.3. The van der Waals surface area contributed by atoms with E-state index in [-0.39, 0.29) is 23.6 Å². The van der Waals surface area contributed by atoms with Gasteiger partial charge in [0.2, 0.25) is 0 Å². The van der Waals surface area contributed by atoms with Gasteiger partial charge in [-0.3, -0.25) is 9.59 Å². The molecule has 6 nitrogen and oxygen atoms in total. The van der Waals surface area contributed by atoms with Gasteiger partial charge in [-0.1, -0.05) is 41.6 Å². The summed E-state index contributed by atoms with van der Waals surface area (Å²) in [5.41, 5.74) is 2.32. The molecule has 2 heterocycles. The highest BCUT2D eigenvalue weighted by Crippen LogP contribution is 2.25. The summed E-state index contributed by atoms with van der Waals surface area (Å²) in [6.07, 6.45) is 0. The summed E-state index contributed by atoms with van der Waals surface area (Å²) in [6.45, 7) is 1.87. The molecule has 0 fully saturated rings. The van der Waals surface area contributed by atoms with Crippen molar-refractivity contribution in [1.29, 1.82) is 0 Å². The summed E-state index contributed by atoms with van der Waals surface area (Å²) in [4.78, 5) is 25.8. The number of anilines is 1. The maximum absolute atomic E-state index is 12.6. The summed E-state index contributed by atoms with van der Waals surface area (Å²) in [5, 5.41) is 11.6. The fourth-order valence-electron chi connectivity index (χ4n) is 2.95. The number of hydrogen-bond donors (Lipinski definition) is 2. The van der Waals surface area contributed by atoms with Crippen LogP contribution in [0.2, 0.25) is 0 Å². The van der Waals surface area contributed by atoms with Gasteiger partial charge in [0.25, 0.3) is 11.8 Å². The first-order valence-electron chi connectivity index (χ1n) is 9.38. The minimum absolute atomic E-state index is 0.187. The molecule has 0 bridgehead atoms. The fourth-order valence-corrected chi connectivity index (χ4v) is 3.62. The molecule has 0 radical (unpaired) electrons. The van der Waals surface area contributed by atoms with E-state index in [0.29, 0.717) is 17.0 Å². The van der Waals surface area contributed by atoms with Crippen molar-refractivity contribution in [2.24, 2.45) is 0 Å². The van der Waals surface area contributed by atoms with Gasteiger partial charge < -0.3 is 15.2 Å². The van der Waals surface area contributed by atoms with Gasteiger partial charge >= 0.3 is 0 Å². The van der Waals surface area contributed by atoms with Crippen LogP contribution >= 0.6 is 11.3 Å². The van der Waals surface area contributed by atoms with Crippen LogP contribution in [0.1, 0.15) is 39.4 Å². The molecule has 1 unspecified atom stereocenters. The fraction of sp³-hybridized carbons (Fsp3) is 0.0870. The van der Waals surface area contributed by atoms with Gasteiger partial charge in [-0.25, -0.2) is 0 Å². The Kier molecular flexibility index (Phi) is 5.72. The van der Waals surface area contributed by atoms with Crippen LogP contribution in [0.5, 0.6) is 0 Å². The lowest BCUT2D eigenvalue weighted by Crippen LogP contribution is -2.27. The van der Waals surface area contributed by atoms with Gasteiger partial charge in [0.15, 0.2) is 11.5 Å². The normalized spacial score (nSPS) is 11.6. The van der Waals surface area contributed by atoms with Crippen molar-refractivity contribution in [3.63, 3.8) is 0 Å². The molecule has 0 saturated heterocycles. The monoisotopic (exact) mass is 417 g/mol. The highest BCUT2D eigenvalue weighted by atomic mass is 32.1. The lowest BCUT2D eigenvalue weighted by atomic mass is 10.1. The topological polar surface area (TPSA) is 84.2 Å². The number of rotatable bonds is 6. The molecule has 4 rings (SSSR count). The van der Waals surface area contributed by atoms with Crippen molar-refractivity contribution in [3.05, 3.63) is 95.0 Å². The van der Waals surface area contributed by atoms with Crippen LogP contribution in [0, 0.1) is 0 Å². The molecule has 0 saturated carbocycles. The van der Waals surface area contributed by atoms with Crippen molar-refractivity contribution < 1.29 is 14.1 Å². The maximum Gasteiger partial charge on any atom is 0.273 e. The molecule has 1 atom stereocenters. The molecule has 2 amide bonds. The van der Waals surface area contributed by atoms with Gasteiger partial charge in [-0.2, -0.15) is 0 Å². The number of hydrogen-bond acceptors (Lipinski definition) is 5. The Morgan fingerprint density at radius 2 is 1.80 bits per heavy atom. The van der Waals surface area contributed by atoms with E-state index >= 15 is 0 Å². The van der Waals surface area contributed by atoms with E-state index in [0.717, 1.165) is 10.4 Å². The molecular weight excluding hydrogens is 398 g/mol. The van der Waals surface area contributed by atoms with Gasteiger partial charge in [-0.05, 0) is 48.2 Å². The average molecular weight is 417 g/mol. The molecule has 150 valence electrons. The second kappa shape index (κ2) is 8.75. The van der Waals surface area contributed by atoms with Crippen molar-refractivity contribution in [3.8, 4) is 10.6 Å². The SMILES string of the molecule is CC(NC(=O)c1cc(-c2cccs2)on1)c1cccc(NC(=O)c2ccccc2)c1. The predicted molar refractivity (Wildman–Crippen MR) is 117 cm³/mol. The third kappa shape index (κ3) is 4.47. The van der Waals surface area contributed by atoms with Crippen LogP contribution in [0.3, 0.4) is 0 Å². The first kappa shape index (κ1) is 19.6. The average Bonchev–Trinajstić information content (AvgIpc) is 3.46. The number of amides is 2. The summed E-state index contributed by atoms with van der Waals surface area (Å²) >= 11 is 1.52. The van der Waals surface area contributed by atoms with E-state index in [1.165, 1.54) is 11.3 Å². The summed E-state index contributed by atoms with van der Waals surface area (Å²) < 4.78 is 5.27. The Labute approximate surface area is 177 Å². The number of benzene rings is 2. The first-order chi connectivity index (χ1) is 14.6. The molecule has 2 aromatic carbocycles. The molecule has 30 heavy (non-hydrogen) atoms. The van der Waals surface area contributed by atoms with E-state index in [2.05, 4.69) is 15.8 Å². The van der Waals surface area contributed by atoms with E-state index < -0.39 is 0 Å².